The summed E-state index contributed by atoms with van der Waals surface area (Å²) < 4.78 is 27.1. The Bertz CT molecular complexity index is 636. The molecule has 2 rings (SSSR count). The molecule has 0 unspecified atom stereocenters. The van der Waals surface area contributed by atoms with E-state index >= 15 is 0 Å². The van der Waals surface area contributed by atoms with Crippen LogP contribution in [-0.2, 0) is 16.6 Å². The summed E-state index contributed by atoms with van der Waals surface area (Å²) in [5.74, 6) is 0. The monoisotopic (exact) mass is 283 g/mol. The molecule has 96 valence electrons. The zero-order valence-corrected chi connectivity index (χ0v) is 11.4. The van der Waals surface area contributed by atoms with Crippen molar-refractivity contribution in [2.24, 2.45) is 5.73 Å². The van der Waals surface area contributed by atoms with Gasteiger partial charge in [-0.15, -0.1) is 11.3 Å². The van der Waals surface area contributed by atoms with Gasteiger partial charge in [-0.25, -0.2) is 8.42 Å². The second kappa shape index (κ2) is 5.05. The van der Waals surface area contributed by atoms with E-state index in [4.69, 9.17) is 5.73 Å². The predicted octanol–water partition coefficient (Wildman–Crippen LogP) is 1.71. The molecular weight excluding hydrogens is 270 g/mol. The summed E-state index contributed by atoms with van der Waals surface area (Å²) in [4.78, 5) is 4.78. The van der Waals surface area contributed by atoms with Gasteiger partial charge in [0.25, 0.3) is 10.0 Å². The maximum atomic E-state index is 12.3. The standard InChI is InChI=1S/C11H13N3O2S2/c1-8-7-17-10(6-12)11(8)18(15,16)14-9-2-4-13-5-3-9/h2-5,7H,6,12H2,1H3,(H,13,14). The summed E-state index contributed by atoms with van der Waals surface area (Å²) in [7, 11) is -3.59. The number of hydrogen-bond acceptors (Lipinski definition) is 5. The third-order valence-electron chi connectivity index (χ3n) is 2.38. The van der Waals surface area contributed by atoms with Gasteiger partial charge in [0.1, 0.15) is 4.90 Å². The highest BCUT2D eigenvalue weighted by Gasteiger charge is 2.22. The second-order valence-corrected chi connectivity index (χ2v) is 6.30. The molecule has 0 spiro atoms. The first-order valence-corrected chi connectivity index (χ1v) is 7.61. The lowest BCUT2D eigenvalue weighted by molar-refractivity contribution is 0.600. The summed E-state index contributed by atoms with van der Waals surface area (Å²) in [5.41, 5.74) is 6.76. The quantitative estimate of drug-likeness (QED) is 0.894. The molecule has 0 aromatic carbocycles. The fourth-order valence-corrected chi connectivity index (χ4v) is 4.38. The first kappa shape index (κ1) is 13.0. The molecule has 0 aliphatic heterocycles. The van der Waals surface area contributed by atoms with Crippen LogP contribution in [-0.4, -0.2) is 13.4 Å². The summed E-state index contributed by atoms with van der Waals surface area (Å²) in [6, 6.07) is 3.20. The molecule has 2 aromatic rings. The molecule has 0 bridgehead atoms. The van der Waals surface area contributed by atoms with Crippen molar-refractivity contribution in [2.75, 3.05) is 4.72 Å². The molecule has 0 fully saturated rings. The van der Waals surface area contributed by atoms with Crippen LogP contribution in [0.4, 0.5) is 5.69 Å². The van der Waals surface area contributed by atoms with Crippen molar-refractivity contribution < 1.29 is 8.42 Å². The Morgan fingerprint density at radius 2 is 2.06 bits per heavy atom. The molecular formula is C11H13N3O2S2. The van der Waals surface area contributed by atoms with Crippen molar-refractivity contribution in [3.05, 3.63) is 40.3 Å². The number of sulfonamides is 1. The zero-order valence-electron chi connectivity index (χ0n) is 9.75. The number of nitrogens with zero attached hydrogens (tertiary/aromatic N) is 1. The van der Waals surface area contributed by atoms with Crippen LogP contribution >= 0.6 is 11.3 Å². The number of anilines is 1. The largest absolute Gasteiger partial charge is 0.326 e. The summed E-state index contributed by atoms with van der Waals surface area (Å²) in [6.07, 6.45) is 3.06. The first-order chi connectivity index (χ1) is 8.54. The van der Waals surface area contributed by atoms with E-state index in [0.717, 1.165) is 0 Å². The fourth-order valence-electron chi connectivity index (χ4n) is 1.62. The van der Waals surface area contributed by atoms with Crippen LogP contribution in [0.2, 0.25) is 0 Å². The Morgan fingerprint density at radius 3 is 2.67 bits per heavy atom. The van der Waals surface area contributed by atoms with E-state index in [2.05, 4.69) is 9.71 Å². The summed E-state index contributed by atoms with van der Waals surface area (Å²) in [6.45, 7) is 1.97. The fraction of sp³-hybridized carbons (Fsp3) is 0.182. The van der Waals surface area contributed by atoms with E-state index in [9.17, 15) is 8.42 Å². The van der Waals surface area contributed by atoms with Crippen LogP contribution in [0.1, 0.15) is 10.4 Å². The topological polar surface area (TPSA) is 85.1 Å². The molecule has 3 N–H and O–H groups in total. The SMILES string of the molecule is Cc1csc(CN)c1S(=O)(=O)Nc1ccncc1. The highest BCUT2D eigenvalue weighted by atomic mass is 32.2. The average Bonchev–Trinajstić information content (AvgIpc) is 2.72. The van der Waals surface area contributed by atoms with Crippen LogP contribution in [0.3, 0.4) is 0 Å². The van der Waals surface area contributed by atoms with Crippen molar-refractivity contribution in [3.8, 4) is 0 Å². The molecule has 5 nitrogen and oxygen atoms in total. The minimum Gasteiger partial charge on any atom is -0.326 e. The minimum absolute atomic E-state index is 0.213. The molecule has 0 atom stereocenters. The molecule has 2 heterocycles. The van der Waals surface area contributed by atoms with Gasteiger partial charge in [-0.2, -0.15) is 0 Å². The summed E-state index contributed by atoms with van der Waals surface area (Å²) in [5, 5.41) is 1.79. The van der Waals surface area contributed by atoms with Crippen LogP contribution in [0, 0.1) is 6.92 Å². The van der Waals surface area contributed by atoms with Crippen molar-refractivity contribution in [3.63, 3.8) is 0 Å². The number of rotatable bonds is 4. The molecule has 0 aliphatic carbocycles. The van der Waals surface area contributed by atoms with Gasteiger partial charge in [-0.1, -0.05) is 0 Å². The minimum atomic E-state index is -3.59. The third-order valence-corrected chi connectivity index (χ3v) is 5.24. The Balaban J connectivity index is 2.40. The Morgan fingerprint density at radius 1 is 1.39 bits per heavy atom. The molecule has 0 aliphatic rings. The molecule has 18 heavy (non-hydrogen) atoms. The van der Waals surface area contributed by atoms with E-state index in [1.54, 1.807) is 24.4 Å². The smallest absolute Gasteiger partial charge is 0.263 e. The molecule has 0 saturated heterocycles. The van der Waals surface area contributed by atoms with Crippen molar-refractivity contribution in [2.45, 2.75) is 18.4 Å². The van der Waals surface area contributed by atoms with Gasteiger partial charge in [0.2, 0.25) is 0 Å². The summed E-state index contributed by atoms with van der Waals surface area (Å²) >= 11 is 1.36. The van der Waals surface area contributed by atoms with Crippen molar-refractivity contribution in [1.29, 1.82) is 0 Å². The molecule has 7 heteroatoms. The normalized spacial score (nSPS) is 11.4. The maximum Gasteiger partial charge on any atom is 0.263 e. The van der Waals surface area contributed by atoms with E-state index in [0.29, 0.717) is 16.1 Å². The van der Waals surface area contributed by atoms with Gasteiger partial charge >= 0.3 is 0 Å². The van der Waals surface area contributed by atoms with Gasteiger partial charge < -0.3 is 5.73 Å². The van der Waals surface area contributed by atoms with Gasteiger partial charge in [-0.05, 0) is 30.0 Å². The Labute approximate surface area is 110 Å². The van der Waals surface area contributed by atoms with Gasteiger partial charge in [-0.3, -0.25) is 9.71 Å². The number of pyridine rings is 1. The van der Waals surface area contributed by atoms with Crippen LogP contribution < -0.4 is 10.5 Å². The van der Waals surface area contributed by atoms with Crippen LogP contribution in [0.25, 0.3) is 0 Å². The number of thiophene rings is 1. The lowest BCUT2D eigenvalue weighted by atomic mass is 10.3. The molecule has 0 saturated carbocycles. The number of nitrogens with one attached hydrogen (secondary N) is 1. The van der Waals surface area contributed by atoms with Crippen LogP contribution in [0.5, 0.6) is 0 Å². The number of nitrogens with two attached hydrogens (primary N) is 1. The van der Waals surface area contributed by atoms with Crippen LogP contribution in [0.15, 0.2) is 34.8 Å². The number of hydrogen-bond donors (Lipinski definition) is 2. The van der Waals surface area contributed by atoms with Crippen molar-refractivity contribution >= 4 is 27.0 Å². The number of aryl methyl sites for hydroxylation is 1. The van der Waals surface area contributed by atoms with E-state index in [1.165, 1.54) is 23.7 Å². The zero-order chi connectivity index (χ0) is 13.2. The van der Waals surface area contributed by atoms with E-state index in [-0.39, 0.29) is 11.4 Å². The lowest BCUT2D eigenvalue weighted by Gasteiger charge is -2.09. The van der Waals surface area contributed by atoms with E-state index in [1.807, 2.05) is 0 Å². The predicted molar refractivity (Wildman–Crippen MR) is 72.0 cm³/mol. The highest BCUT2D eigenvalue weighted by Crippen LogP contribution is 2.28. The third kappa shape index (κ3) is 2.53. The highest BCUT2D eigenvalue weighted by molar-refractivity contribution is 7.93. The Hall–Kier alpha value is -1.44. The van der Waals surface area contributed by atoms with Gasteiger partial charge in [0.05, 0.1) is 5.69 Å². The lowest BCUT2D eigenvalue weighted by Crippen LogP contribution is -2.15. The Kier molecular flexibility index (Phi) is 3.65. The van der Waals surface area contributed by atoms with E-state index < -0.39 is 10.0 Å². The van der Waals surface area contributed by atoms with Crippen molar-refractivity contribution in [1.82, 2.24) is 4.98 Å². The second-order valence-electron chi connectivity index (χ2n) is 3.72. The van der Waals surface area contributed by atoms with Gasteiger partial charge in [0, 0.05) is 23.8 Å². The molecule has 2 aromatic heterocycles. The molecule has 0 radical (unpaired) electrons. The van der Waals surface area contributed by atoms with Gasteiger partial charge in [0.15, 0.2) is 0 Å². The molecule has 0 amide bonds. The maximum absolute atomic E-state index is 12.3. The number of aromatic nitrogens is 1. The average molecular weight is 283 g/mol. The first-order valence-electron chi connectivity index (χ1n) is 5.24.